The number of nitrogens with zero attached hydrogens (tertiary/aromatic N) is 3. The number of benzene rings is 2. The van der Waals surface area contributed by atoms with Crippen LogP contribution in [0.2, 0.25) is 10.0 Å². The lowest BCUT2D eigenvalue weighted by atomic mass is 10.1. The van der Waals surface area contributed by atoms with Gasteiger partial charge in [0.25, 0.3) is 5.91 Å². The van der Waals surface area contributed by atoms with Crippen molar-refractivity contribution in [3.8, 4) is 6.07 Å². The molecule has 0 aliphatic heterocycles. The summed E-state index contributed by atoms with van der Waals surface area (Å²) in [5.41, 5.74) is 2.58. The number of nitriles is 1. The Morgan fingerprint density at radius 3 is 2.77 bits per heavy atom. The number of hydrogen-bond donors (Lipinski definition) is 1. The van der Waals surface area contributed by atoms with E-state index in [9.17, 15) is 4.79 Å². The Morgan fingerprint density at radius 2 is 2.04 bits per heavy atom. The third-order valence-corrected chi connectivity index (χ3v) is 4.40. The SMILES string of the molecule is Cc1cc(NC(=O)c2cccc(C#N)c2)nn1Cc1ccc(Cl)cc1Cl. The van der Waals surface area contributed by atoms with Crippen molar-refractivity contribution < 1.29 is 4.79 Å². The number of hydrogen-bond acceptors (Lipinski definition) is 3. The molecule has 0 radical (unpaired) electrons. The van der Waals surface area contributed by atoms with Gasteiger partial charge in [-0.1, -0.05) is 35.3 Å². The molecule has 1 N–H and O–H groups in total. The van der Waals surface area contributed by atoms with E-state index in [-0.39, 0.29) is 5.91 Å². The van der Waals surface area contributed by atoms with E-state index in [0.29, 0.717) is 33.5 Å². The van der Waals surface area contributed by atoms with Crippen LogP contribution >= 0.6 is 23.2 Å². The first kappa shape index (κ1) is 18.0. The Balaban J connectivity index is 1.77. The van der Waals surface area contributed by atoms with Crippen LogP contribution in [0.1, 0.15) is 27.2 Å². The zero-order valence-corrected chi connectivity index (χ0v) is 15.3. The first-order chi connectivity index (χ1) is 12.5. The Bertz CT molecular complexity index is 1020. The molecule has 0 saturated heterocycles. The second kappa shape index (κ2) is 7.61. The molecule has 2 aromatic carbocycles. The Kier molecular flexibility index (Phi) is 5.27. The van der Waals surface area contributed by atoms with Crippen LogP contribution in [0.5, 0.6) is 0 Å². The minimum atomic E-state index is -0.323. The minimum absolute atomic E-state index is 0.323. The van der Waals surface area contributed by atoms with Gasteiger partial charge in [0.15, 0.2) is 5.82 Å². The van der Waals surface area contributed by atoms with Gasteiger partial charge in [-0.05, 0) is 42.8 Å². The van der Waals surface area contributed by atoms with Crippen molar-refractivity contribution in [3.05, 3.63) is 81.0 Å². The van der Waals surface area contributed by atoms with E-state index < -0.39 is 0 Å². The molecule has 26 heavy (non-hydrogen) atoms. The third-order valence-electron chi connectivity index (χ3n) is 3.81. The maximum absolute atomic E-state index is 12.3. The average Bonchev–Trinajstić information content (AvgIpc) is 2.96. The van der Waals surface area contributed by atoms with Gasteiger partial charge in [0.1, 0.15) is 0 Å². The molecular formula is C19H14Cl2N4O. The Hall–Kier alpha value is -2.81. The van der Waals surface area contributed by atoms with Crippen LogP contribution < -0.4 is 5.32 Å². The van der Waals surface area contributed by atoms with Crippen LogP contribution in [0, 0.1) is 18.3 Å². The highest BCUT2D eigenvalue weighted by atomic mass is 35.5. The van der Waals surface area contributed by atoms with E-state index in [1.165, 1.54) is 6.07 Å². The van der Waals surface area contributed by atoms with E-state index >= 15 is 0 Å². The van der Waals surface area contributed by atoms with E-state index in [1.54, 1.807) is 41.1 Å². The number of amides is 1. The molecule has 7 heteroatoms. The van der Waals surface area contributed by atoms with Crippen LogP contribution in [0.4, 0.5) is 5.82 Å². The number of rotatable bonds is 4. The first-order valence-electron chi connectivity index (χ1n) is 7.76. The molecule has 5 nitrogen and oxygen atoms in total. The normalized spacial score (nSPS) is 10.4. The van der Waals surface area contributed by atoms with E-state index in [2.05, 4.69) is 10.4 Å². The molecule has 0 fully saturated rings. The van der Waals surface area contributed by atoms with E-state index in [1.807, 2.05) is 19.1 Å². The first-order valence-corrected chi connectivity index (χ1v) is 8.52. The molecule has 3 aromatic rings. The van der Waals surface area contributed by atoms with Crippen LogP contribution in [-0.2, 0) is 6.54 Å². The molecule has 0 saturated carbocycles. The number of carbonyl (C=O) groups excluding carboxylic acids is 1. The molecule has 0 unspecified atom stereocenters. The fraction of sp³-hybridized carbons (Fsp3) is 0.105. The summed E-state index contributed by atoms with van der Waals surface area (Å²) in [4.78, 5) is 12.3. The molecule has 1 aromatic heterocycles. The molecule has 0 spiro atoms. The topological polar surface area (TPSA) is 70.7 Å². The molecule has 1 heterocycles. The van der Waals surface area contributed by atoms with Gasteiger partial charge < -0.3 is 5.32 Å². The molecular weight excluding hydrogens is 371 g/mol. The highest BCUT2D eigenvalue weighted by Crippen LogP contribution is 2.22. The van der Waals surface area contributed by atoms with Crippen molar-refractivity contribution in [2.24, 2.45) is 0 Å². The Morgan fingerprint density at radius 1 is 1.23 bits per heavy atom. The predicted octanol–water partition coefficient (Wildman–Crippen LogP) is 4.67. The summed E-state index contributed by atoms with van der Waals surface area (Å²) >= 11 is 12.1. The van der Waals surface area contributed by atoms with Gasteiger partial charge in [0.05, 0.1) is 18.2 Å². The highest BCUT2D eigenvalue weighted by Gasteiger charge is 2.12. The summed E-state index contributed by atoms with van der Waals surface area (Å²) < 4.78 is 1.75. The van der Waals surface area contributed by atoms with Crippen LogP contribution in [-0.4, -0.2) is 15.7 Å². The molecule has 0 atom stereocenters. The number of aromatic nitrogens is 2. The van der Waals surface area contributed by atoms with Crippen molar-refractivity contribution in [2.75, 3.05) is 5.32 Å². The Labute approximate surface area is 160 Å². The van der Waals surface area contributed by atoms with Crippen molar-refractivity contribution in [3.63, 3.8) is 0 Å². The molecule has 130 valence electrons. The van der Waals surface area contributed by atoms with Gasteiger partial charge in [-0.2, -0.15) is 10.4 Å². The van der Waals surface area contributed by atoms with E-state index in [4.69, 9.17) is 28.5 Å². The smallest absolute Gasteiger partial charge is 0.256 e. The summed E-state index contributed by atoms with van der Waals surface area (Å²) in [5, 5.41) is 17.2. The number of anilines is 1. The van der Waals surface area contributed by atoms with Crippen molar-refractivity contribution in [1.29, 1.82) is 5.26 Å². The highest BCUT2D eigenvalue weighted by molar-refractivity contribution is 6.35. The van der Waals surface area contributed by atoms with Crippen molar-refractivity contribution in [1.82, 2.24) is 9.78 Å². The number of aryl methyl sites for hydroxylation is 1. The third kappa shape index (κ3) is 4.05. The van der Waals surface area contributed by atoms with Crippen molar-refractivity contribution >= 4 is 34.9 Å². The van der Waals surface area contributed by atoms with Gasteiger partial charge in [-0.3, -0.25) is 9.48 Å². The second-order valence-electron chi connectivity index (χ2n) is 5.71. The standard InChI is InChI=1S/C19H14Cl2N4O/c1-12-7-18(23-19(26)14-4-2-3-13(8-14)10-22)24-25(12)11-15-5-6-16(20)9-17(15)21/h2-9H,11H2,1H3,(H,23,24,26). The van der Waals surface area contributed by atoms with Gasteiger partial charge in [0, 0.05) is 27.4 Å². The van der Waals surface area contributed by atoms with Crippen LogP contribution in [0.25, 0.3) is 0 Å². The summed E-state index contributed by atoms with van der Waals surface area (Å²) in [7, 11) is 0. The minimum Gasteiger partial charge on any atom is -0.305 e. The molecule has 0 bridgehead atoms. The number of halogens is 2. The molecule has 3 rings (SSSR count). The number of carbonyl (C=O) groups is 1. The van der Waals surface area contributed by atoms with Gasteiger partial charge in [-0.15, -0.1) is 0 Å². The lowest BCUT2D eigenvalue weighted by Gasteiger charge is -2.07. The van der Waals surface area contributed by atoms with E-state index in [0.717, 1.165) is 11.3 Å². The molecule has 0 aliphatic carbocycles. The monoisotopic (exact) mass is 384 g/mol. The lowest BCUT2D eigenvalue weighted by Crippen LogP contribution is -2.13. The fourth-order valence-electron chi connectivity index (χ4n) is 2.46. The van der Waals surface area contributed by atoms with Crippen LogP contribution in [0.3, 0.4) is 0 Å². The quantitative estimate of drug-likeness (QED) is 0.710. The molecule has 0 aliphatic rings. The lowest BCUT2D eigenvalue weighted by molar-refractivity contribution is 0.102. The maximum Gasteiger partial charge on any atom is 0.256 e. The van der Waals surface area contributed by atoms with Crippen LogP contribution in [0.15, 0.2) is 48.5 Å². The predicted molar refractivity (Wildman–Crippen MR) is 102 cm³/mol. The zero-order chi connectivity index (χ0) is 18.7. The molecule has 1 amide bonds. The van der Waals surface area contributed by atoms with Gasteiger partial charge in [0.2, 0.25) is 0 Å². The second-order valence-corrected chi connectivity index (χ2v) is 6.55. The fourth-order valence-corrected chi connectivity index (χ4v) is 2.93. The largest absolute Gasteiger partial charge is 0.305 e. The van der Waals surface area contributed by atoms with Gasteiger partial charge in [-0.25, -0.2) is 0 Å². The summed E-state index contributed by atoms with van der Waals surface area (Å²) in [6.07, 6.45) is 0. The maximum atomic E-state index is 12.3. The summed E-state index contributed by atoms with van der Waals surface area (Å²) in [6.45, 7) is 2.35. The average molecular weight is 385 g/mol. The summed E-state index contributed by atoms with van der Waals surface area (Å²) in [5.74, 6) is 0.108. The van der Waals surface area contributed by atoms with Crippen molar-refractivity contribution in [2.45, 2.75) is 13.5 Å². The number of nitrogens with one attached hydrogen (secondary N) is 1. The van der Waals surface area contributed by atoms with Gasteiger partial charge >= 0.3 is 0 Å². The summed E-state index contributed by atoms with van der Waals surface area (Å²) in [6, 6.07) is 15.6. The zero-order valence-electron chi connectivity index (χ0n) is 13.8.